The molecule has 0 unspecified atom stereocenters. The third-order valence-corrected chi connectivity index (χ3v) is 7.17. The quantitative estimate of drug-likeness (QED) is 0.771. The third kappa shape index (κ3) is 4.90. The van der Waals surface area contributed by atoms with E-state index in [2.05, 4.69) is 10.6 Å². The SMILES string of the molecule is C[C@@H](CS(=O)(=O)c1ccc2c(c1)NC(=O)CCS2)C(=O)Nc1cccc(F)c1. The number of rotatable bonds is 5. The predicted octanol–water partition coefficient (Wildman–Crippen LogP) is 3.31. The molecule has 3 rings (SSSR count). The van der Waals surface area contributed by atoms with Gasteiger partial charge in [-0.3, -0.25) is 9.59 Å². The van der Waals surface area contributed by atoms with Crippen LogP contribution < -0.4 is 10.6 Å². The normalized spacial score (nSPS) is 15.1. The van der Waals surface area contributed by atoms with E-state index in [0.717, 1.165) is 11.0 Å². The number of nitrogens with one attached hydrogen (secondary N) is 2. The number of carbonyl (C=O) groups excluding carboxylic acids is 2. The lowest BCUT2D eigenvalue weighted by Crippen LogP contribution is -2.27. The van der Waals surface area contributed by atoms with Crippen molar-refractivity contribution in [2.45, 2.75) is 23.1 Å². The van der Waals surface area contributed by atoms with Crippen molar-refractivity contribution in [1.29, 1.82) is 0 Å². The molecule has 0 spiro atoms. The zero-order chi connectivity index (χ0) is 20.3. The molecule has 1 aliphatic rings. The Morgan fingerprint density at radius 1 is 1.29 bits per heavy atom. The number of sulfone groups is 1. The minimum absolute atomic E-state index is 0.0412. The van der Waals surface area contributed by atoms with Crippen molar-refractivity contribution in [1.82, 2.24) is 0 Å². The Kier molecular flexibility index (Phi) is 6.04. The summed E-state index contributed by atoms with van der Waals surface area (Å²) in [5, 5.41) is 5.23. The Morgan fingerprint density at radius 3 is 2.82 bits per heavy atom. The minimum Gasteiger partial charge on any atom is -0.326 e. The van der Waals surface area contributed by atoms with Gasteiger partial charge in [-0.25, -0.2) is 12.8 Å². The van der Waals surface area contributed by atoms with Crippen molar-refractivity contribution < 1.29 is 22.4 Å². The van der Waals surface area contributed by atoms with Crippen molar-refractivity contribution >= 4 is 44.8 Å². The number of carbonyl (C=O) groups is 2. The number of amides is 2. The summed E-state index contributed by atoms with van der Waals surface area (Å²) < 4.78 is 38.7. The number of thioether (sulfide) groups is 1. The first kappa shape index (κ1) is 20.3. The summed E-state index contributed by atoms with van der Waals surface area (Å²) in [5.41, 5.74) is 0.726. The fourth-order valence-electron chi connectivity index (χ4n) is 2.73. The molecule has 0 aromatic heterocycles. The molecule has 0 bridgehead atoms. The van der Waals surface area contributed by atoms with Crippen LogP contribution in [0.15, 0.2) is 52.3 Å². The second-order valence-electron chi connectivity index (χ2n) is 6.49. The van der Waals surface area contributed by atoms with Crippen LogP contribution in [0.1, 0.15) is 13.3 Å². The van der Waals surface area contributed by atoms with Gasteiger partial charge >= 0.3 is 0 Å². The van der Waals surface area contributed by atoms with Crippen molar-refractivity contribution in [3.05, 3.63) is 48.3 Å². The van der Waals surface area contributed by atoms with E-state index < -0.39 is 33.2 Å². The van der Waals surface area contributed by atoms with E-state index in [1.54, 1.807) is 6.07 Å². The number of fused-ring (bicyclic) bond motifs is 1. The smallest absolute Gasteiger partial charge is 0.228 e. The molecule has 148 valence electrons. The first-order valence-electron chi connectivity index (χ1n) is 8.60. The highest BCUT2D eigenvalue weighted by molar-refractivity contribution is 7.99. The first-order chi connectivity index (χ1) is 13.2. The van der Waals surface area contributed by atoms with Gasteiger partial charge in [0.05, 0.1) is 16.3 Å². The Bertz CT molecular complexity index is 1020. The number of benzene rings is 2. The van der Waals surface area contributed by atoms with Gasteiger partial charge in [0.15, 0.2) is 9.84 Å². The average Bonchev–Trinajstić information content (AvgIpc) is 2.81. The Morgan fingerprint density at radius 2 is 2.07 bits per heavy atom. The van der Waals surface area contributed by atoms with E-state index in [9.17, 15) is 22.4 Å². The summed E-state index contributed by atoms with van der Waals surface area (Å²) >= 11 is 1.48. The second-order valence-corrected chi connectivity index (χ2v) is 9.66. The molecular weight excluding hydrogens is 403 g/mol. The standard InChI is InChI=1S/C19H19FN2O4S2/c1-12(19(24)21-14-4-2-3-13(20)9-14)11-28(25,26)15-5-6-17-16(10-15)22-18(23)7-8-27-17/h2-6,9-10,12H,7-8,11H2,1H3,(H,21,24)(H,22,23)/t12-/m0/s1. The zero-order valence-electron chi connectivity index (χ0n) is 15.1. The van der Waals surface area contributed by atoms with Gasteiger partial charge in [-0.2, -0.15) is 0 Å². The molecule has 0 fully saturated rings. The van der Waals surface area contributed by atoms with Gasteiger partial charge in [-0.15, -0.1) is 11.8 Å². The fraction of sp³-hybridized carbons (Fsp3) is 0.263. The van der Waals surface area contributed by atoms with Gasteiger partial charge in [-0.05, 0) is 36.4 Å². The lowest BCUT2D eigenvalue weighted by molar-refractivity contribution is -0.119. The predicted molar refractivity (Wildman–Crippen MR) is 107 cm³/mol. The largest absolute Gasteiger partial charge is 0.326 e. The Labute approximate surface area is 166 Å². The van der Waals surface area contributed by atoms with Crippen LogP contribution >= 0.6 is 11.8 Å². The Hall–Kier alpha value is -2.39. The summed E-state index contributed by atoms with van der Waals surface area (Å²) in [5.74, 6) is -1.81. The maximum Gasteiger partial charge on any atom is 0.228 e. The van der Waals surface area contributed by atoms with Crippen LogP contribution in [-0.2, 0) is 19.4 Å². The number of anilines is 2. The average molecular weight is 423 g/mol. The lowest BCUT2D eigenvalue weighted by atomic mass is 10.2. The second kappa shape index (κ2) is 8.32. The highest BCUT2D eigenvalue weighted by atomic mass is 32.2. The van der Waals surface area contributed by atoms with Crippen LogP contribution in [0.3, 0.4) is 0 Å². The first-order valence-corrected chi connectivity index (χ1v) is 11.2. The van der Waals surface area contributed by atoms with Gasteiger partial charge in [0, 0.05) is 28.7 Å². The fourth-order valence-corrected chi connectivity index (χ4v) is 5.24. The van der Waals surface area contributed by atoms with Crippen LogP contribution in [0, 0.1) is 11.7 Å². The zero-order valence-corrected chi connectivity index (χ0v) is 16.7. The minimum atomic E-state index is -3.76. The molecule has 28 heavy (non-hydrogen) atoms. The van der Waals surface area contributed by atoms with E-state index in [1.807, 2.05) is 0 Å². The summed E-state index contributed by atoms with van der Waals surface area (Å²) in [6.45, 7) is 1.49. The number of hydrogen-bond acceptors (Lipinski definition) is 5. The van der Waals surface area contributed by atoms with Crippen LogP contribution in [0.2, 0.25) is 0 Å². The van der Waals surface area contributed by atoms with Crippen LogP contribution in [0.5, 0.6) is 0 Å². The van der Waals surface area contributed by atoms with Crippen LogP contribution in [0.4, 0.5) is 15.8 Å². The number of halogens is 1. The van der Waals surface area contributed by atoms with Crippen LogP contribution in [-0.4, -0.2) is 31.7 Å². The molecule has 0 aliphatic carbocycles. The van der Waals surface area contributed by atoms with E-state index in [-0.39, 0.29) is 16.5 Å². The van der Waals surface area contributed by atoms with Gasteiger partial charge in [0.25, 0.3) is 0 Å². The molecule has 2 aromatic carbocycles. The summed E-state index contributed by atoms with van der Waals surface area (Å²) in [6, 6.07) is 9.96. The monoisotopic (exact) mass is 422 g/mol. The van der Waals surface area contributed by atoms with Crippen LogP contribution in [0.25, 0.3) is 0 Å². The molecule has 2 aromatic rings. The molecule has 9 heteroatoms. The maximum absolute atomic E-state index is 13.2. The highest BCUT2D eigenvalue weighted by Crippen LogP contribution is 2.33. The van der Waals surface area contributed by atoms with Crippen molar-refractivity contribution in [3.8, 4) is 0 Å². The molecule has 0 saturated heterocycles. The molecule has 0 radical (unpaired) electrons. The molecule has 1 heterocycles. The molecule has 1 atom stereocenters. The Balaban J connectivity index is 1.74. The third-order valence-electron chi connectivity index (χ3n) is 4.18. The van der Waals surface area contributed by atoms with Crippen molar-refractivity contribution in [2.75, 3.05) is 22.1 Å². The van der Waals surface area contributed by atoms with E-state index in [0.29, 0.717) is 17.9 Å². The van der Waals surface area contributed by atoms with Gasteiger partial charge in [0.1, 0.15) is 5.82 Å². The number of hydrogen-bond donors (Lipinski definition) is 2. The maximum atomic E-state index is 13.2. The highest BCUT2D eigenvalue weighted by Gasteiger charge is 2.25. The summed E-state index contributed by atoms with van der Waals surface area (Å²) in [6.07, 6.45) is 0.360. The topological polar surface area (TPSA) is 92.3 Å². The van der Waals surface area contributed by atoms with E-state index in [1.165, 1.54) is 49.0 Å². The van der Waals surface area contributed by atoms with Gasteiger partial charge in [-0.1, -0.05) is 13.0 Å². The summed E-state index contributed by atoms with van der Waals surface area (Å²) in [7, 11) is -3.76. The molecule has 2 N–H and O–H groups in total. The van der Waals surface area contributed by atoms with Gasteiger partial charge in [0.2, 0.25) is 11.8 Å². The van der Waals surface area contributed by atoms with Crippen molar-refractivity contribution in [2.24, 2.45) is 5.92 Å². The lowest BCUT2D eigenvalue weighted by Gasteiger charge is -2.14. The molecule has 1 aliphatic heterocycles. The molecular formula is C19H19FN2O4S2. The van der Waals surface area contributed by atoms with E-state index in [4.69, 9.17) is 0 Å². The van der Waals surface area contributed by atoms with Gasteiger partial charge < -0.3 is 10.6 Å². The summed E-state index contributed by atoms with van der Waals surface area (Å²) in [4.78, 5) is 24.9. The van der Waals surface area contributed by atoms with Crippen molar-refractivity contribution in [3.63, 3.8) is 0 Å². The van der Waals surface area contributed by atoms with E-state index >= 15 is 0 Å². The molecule has 2 amide bonds. The molecule has 6 nitrogen and oxygen atoms in total. The molecule has 0 saturated carbocycles.